The van der Waals surface area contributed by atoms with Crippen molar-refractivity contribution in [2.45, 2.75) is 58.3 Å². The van der Waals surface area contributed by atoms with Gasteiger partial charge in [0, 0.05) is 83.4 Å². The van der Waals surface area contributed by atoms with Gasteiger partial charge >= 0.3 is 7.05 Å². The van der Waals surface area contributed by atoms with Crippen molar-refractivity contribution in [3.63, 3.8) is 0 Å². The minimum absolute atomic E-state index is 0.354. The van der Waals surface area contributed by atoms with Crippen LogP contribution in [-0.4, -0.2) is 84.1 Å². The summed E-state index contributed by atoms with van der Waals surface area (Å²) in [5.41, 5.74) is 4.32. The minimum Gasteiger partial charge on any atom is -0.437 e. The number of nitrogens with zero attached hydrogens (tertiary/aromatic N) is 5. The fraction of sp³-hybridized carbons (Fsp3) is 0.600. The van der Waals surface area contributed by atoms with Gasteiger partial charge in [-0.2, -0.15) is 5.10 Å². The third kappa shape index (κ3) is 7.19. The molecule has 8 nitrogen and oxygen atoms in total. The first kappa shape index (κ1) is 27.4. The third-order valence-electron chi connectivity index (χ3n) is 6.67. The van der Waals surface area contributed by atoms with E-state index in [4.69, 9.17) is 4.74 Å². The lowest BCUT2D eigenvalue weighted by atomic mass is 9.81. The Morgan fingerprint density at radius 1 is 1.34 bits per heavy atom. The molecule has 0 aliphatic carbocycles. The van der Waals surface area contributed by atoms with E-state index in [-0.39, 0.29) is 0 Å². The first-order chi connectivity index (χ1) is 16.6. The number of pyridine rings is 1. The van der Waals surface area contributed by atoms with Gasteiger partial charge in [0.1, 0.15) is 5.65 Å². The molecule has 35 heavy (non-hydrogen) atoms. The summed E-state index contributed by atoms with van der Waals surface area (Å²) < 4.78 is 6.77. The maximum absolute atomic E-state index is 10.1. The van der Waals surface area contributed by atoms with Crippen LogP contribution in [0.15, 0.2) is 30.9 Å². The van der Waals surface area contributed by atoms with Crippen molar-refractivity contribution in [1.82, 2.24) is 24.6 Å². The van der Waals surface area contributed by atoms with Crippen molar-refractivity contribution in [3.8, 4) is 11.1 Å². The number of ether oxygens (including phenoxy) is 1. The maximum Gasteiger partial charge on any atom is 0.376 e. The van der Waals surface area contributed by atoms with E-state index in [2.05, 4.69) is 57.4 Å². The molecule has 0 aromatic carbocycles. The van der Waals surface area contributed by atoms with Crippen LogP contribution < -0.4 is 4.90 Å². The number of aryl methyl sites for hydroxylation is 1. The standard InChI is InChI=1S/C19H27BN6O.C6H16OSi/c1-4-26(20(2)27)15-6-5-9-25(13-15)17-7-8-21-19-18(17)16(11-22-19)14-10-23-24(3)12-14;1-7-5-6-8(2,3)4/h7-8,10-12,15,27H,4-6,9,13H2,1-3H3,(H,21,22);5-6H2,1-4H3/t15-;/m0./s1. The summed E-state index contributed by atoms with van der Waals surface area (Å²) >= 11 is 0. The second-order valence-electron chi connectivity index (χ2n) is 10.7. The average molecular weight is 499 g/mol. The Labute approximate surface area is 211 Å². The molecular formula is C25H43BN6O2Si. The molecule has 192 valence electrons. The minimum atomic E-state index is -0.803. The summed E-state index contributed by atoms with van der Waals surface area (Å²) in [7, 11) is 2.47. The van der Waals surface area contributed by atoms with Crippen LogP contribution in [0.4, 0.5) is 5.69 Å². The van der Waals surface area contributed by atoms with Gasteiger partial charge in [-0.15, -0.1) is 0 Å². The van der Waals surface area contributed by atoms with Gasteiger partial charge in [0.05, 0.1) is 11.6 Å². The van der Waals surface area contributed by atoms with E-state index in [0.29, 0.717) is 6.04 Å². The normalized spacial score (nSPS) is 16.5. The van der Waals surface area contributed by atoms with Crippen molar-refractivity contribution in [1.29, 1.82) is 0 Å². The molecule has 4 heterocycles. The number of piperidine rings is 1. The summed E-state index contributed by atoms with van der Waals surface area (Å²) in [6, 6.07) is 3.74. The van der Waals surface area contributed by atoms with E-state index in [0.717, 1.165) is 61.2 Å². The molecule has 3 aromatic rings. The Morgan fingerprint density at radius 2 is 2.11 bits per heavy atom. The van der Waals surface area contributed by atoms with E-state index in [9.17, 15) is 5.02 Å². The second-order valence-corrected chi connectivity index (χ2v) is 16.3. The molecule has 0 spiro atoms. The smallest absolute Gasteiger partial charge is 0.376 e. The van der Waals surface area contributed by atoms with E-state index in [1.807, 2.05) is 43.3 Å². The average Bonchev–Trinajstić information content (AvgIpc) is 3.44. The molecule has 1 saturated heterocycles. The van der Waals surface area contributed by atoms with Gasteiger partial charge < -0.3 is 24.5 Å². The predicted molar refractivity (Wildman–Crippen MR) is 150 cm³/mol. The SMILES string of the molecule is CCN(B(C)O)[C@H]1CCCN(c2ccnc3[nH]cc(-c4cnn(C)c4)c23)C1.COCC[Si](C)(C)C. The molecule has 1 fully saturated rings. The van der Waals surface area contributed by atoms with Gasteiger partial charge in [-0.25, -0.2) is 4.98 Å². The van der Waals surface area contributed by atoms with Crippen LogP contribution in [0.25, 0.3) is 22.2 Å². The van der Waals surface area contributed by atoms with Gasteiger partial charge in [-0.1, -0.05) is 26.6 Å². The molecule has 0 saturated carbocycles. The zero-order valence-electron chi connectivity index (χ0n) is 22.6. The highest BCUT2D eigenvalue weighted by Gasteiger charge is 2.29. The molecule has 0 unspecified atom stereocenters. The number of anilines is 1. The zero-order valence-corrected chi connectivity index (χ0v) is 23.6. The molecule has 0 bridgehead atoms. The summed E-state index contributed by atoms with van der Waals surface area (Å²) in [6.07, 6.45) is 10.1. The molecule has 2 N–H and O–H groups in total. The van der Waals surface area contributed by atoms with Crippen molar-refractivity contribution < 1.29 is 9.76 Å². The zero-order chi connectivity index (χ0) is 25.6. The number of fused-ring (bicyclic) bond motifs is 1. The Hall–Kier alpha value is -2.14. The lowest BCUT2D eigenvalue weighted by Gasteiger charge is -2.41. The molecule has 1 atom stereocenters. The van der Waals surface area contributed by atoms with Gasteiger partial charge in [0.2, 0.25) is 0 Å². The topological polar surface area (TPSA) is 82.4 Å². The van der Waals surface area contributed by atoms with Crippen LogP contribution in [0.5, 0.6) is 0 Å². The molecule has 4 rings (SSSR count). The first-order valence-electron chi connectivity index (χ1n) is 12.8. The Bertz CT molecular complexity index is 1060. The number of rotatable bonds is 8. The first-order valence-corrected chi connectivity index (χ1v) is 16.5. The quantitative estimate of drug-likeness (QED) is 0.450. The summed E-state index contributed by atoms with van der Waals surface area (Å²) in [5, 5.41) is 15.6. The molecule has 10 heteroatoms. The second kappa shape index (κ2) is 12.2. The molecule has 3 aromatic heterocycles. The summed E-state index contributed by atoms with van der Waals surface area (Å²) in [5.74, 6) is 0. The summed E-state index contributed by atoms with van der Waals surface area (Å²) in [4.78, 5) is 12.5. The molecule has 1 aliphatic heterocycles. The molecule has 1 aliphatic rings. The number of methoxy groups -OCH3 is 1. The predicted octanol–water partition coefficient (Wildman–Crippen LogP) is 4.34. The van der Waals surface area contributed by atoms with Crippen LogP contribution in [0.3, 0.4) is 0 Å². The Kier molecular flexibility index (Phi) is 9.57. The van der Waals surface area contributed by atoms with E-state index >= 15 is 0 Å². The number of aromatic amines is 1. The number of hydrogen-bond acceptors (Lipinski definition) is 6. The van der Waals surface area contributed by atoms with Gasteiger partial charge in [0.25, 0.3) is 0 Å². The fourth-order valence-electron chi connectivity index (χ4n) is 4.77. The lowest BCUT2D eigenvalue weighted by Crippen LogP contribution is -2.52. The van der Waals surface area contributed by atoms with Crippen molar-refractivity contribution in [3.05, 3.63) is 30.9 Å². The van der Waals surface area contributed by atoms with E-state index in [1.165, 1.54) is 11.7 Å². The highest BCUT2D eigenvalue weighted by atomic mass is 28.3. The monoisotopic (exact) mass is 498 g/mol. The highest BCUT2D eigenvalue weighted by Crippen LogP contribution is 2.36. The number of hydrogen-bond donors (Lipinski definition) is 2. The number of likely N-dealkylation sites (N-methyl/N-ethyl adjacent to an activating group) is 1. The molecular weight excluding hydrogens is 455 g/mol. The Balaban J connectivity index is 0.000000371. The van der Waals surface area contributed by atoms with Gasteiger partial charge in [0.15, 0.2) is 0 Å². The van der Waals surface area contributed by atoms with Crippen molar-refractivity contribution >= 4 is 31.8 Å². The molecule has 0 radical (unpaired) electrons. The number of aromatic nitrogens is 4. The lowest BCUT2D eigenvalue weighted by molar-refractivity contribution is 0.214. The van der Waals surface area contributed by atoms with Crippen molar-refractivity contribution in [2.24, 2.45) is 7.05 Å². The van der Waals surface area contributed by atoms with E-state index < -0.39 is 15.1 Å². The Morgan fingerprint density at radius 3 is 2.69 bits per heavy atom. The van der Waals surface area contributed by atoms with E-state index in [1.54, 1.807) is 7.11 Å². The van der Waals surface area contributed by atoms with Gasteiger partial charge in [-0.05, 0) is 38.3 Å². The highest BCUT2D eigenvalue weighted by molar-refractivity contribution is 6.76. The maximum atomic E-state index is 10.1. The number of H-pyrrole nitrogens is 1. The number of nitrogens with one attached hydrogen (secondary N) is 1. The third-order valence-corrected chi connectivity index (χ3v) is 8.38. The van der Waals surface area contributed by atoms with Crippen LogP contribution in [0.2, 0.25) is 32.5 Å². The van der Waals surface area contributed by atoms with Gasteiger partial charge in [-0.3, -0.25) is 4.68 Å². The van der Waals surface area contributed by atoms with Crippen LogP contribution in [-0.2, 0) is 11.8 Å². The van der Waals surface area contributed by atoms with Crippen LogP contribution >= 0.6 is 0 Å². The molecule has 0 amide bonds. The fourth-order valence-corrected chi connectivity index (χ4v) is 5.59. The van der Waals surface area contributed by atoms with Crippen LogP contribution in [0.1, 0.15) is 19.8 Å². The van der Waals surface area contributed by atoms with Crippen LogP contribution in [0, 0.1) is 0 Å². The summed E-state index contributed by atoms with van der Waals surface area (Å²) in [6.45, 7) is 14.8. The largest absolute Gasteiger partial charge is 0.437 e. The van der Waals surface area contributed by atoms with Crippen molar-refractivity contribution in [2.75, 3.05) is 38.3 Å².